The lowest BCUT2D eigenvalue weighted by atomic mass is 10.1. The zero-order chi connectivity index (χ0) is 14.1. The number of imidazole rings is 1. The van der Waals surface area contributed by atoms with Crippen molar-refractivity contribution in [3.63, 3.8) is 0 Å². The lowest BCUT2D eigenvalue weighted by Crippen LogP contribution is -2.02. The topological polar surface area (TPSA) is 52.5 Å². The van der Waals surface area contributed by atoms with Gasteiger partial charge in [-0.3, -0.25) is 4.40 Å². The molecule has 0 atom stereocenters. The van der Waals surface area contributed by atoms with Crippen LogP contribution in [0.15, 0.2) is 42.6 Å². The predicted octanol–water partition coefficient (Wildman–Crippen LogP) is 3.20. The van der Waals surface area contributed by atoms with Gasteiger partial charge in [0.05, 0.1) is 0 Å². The highest BCUT2D eigenvalue weighted by Crippen LogP contribution is 2.27. The van der Waals surface area contributed by atoms with Crippen molar-refractivity contribution in [2.24, 2.45) is 5.73 Å². The van der Waals surface area contributed by atoms with E-state index < -0.39 is 0 Å². The molecule has 0 saturated carbocycles. The highest BCUT2D eigenvalue weighted by atomic mass is 16.5. The quantitative estimate of drug-likeness (QED) is 0.792. The molecule has 20 heavy (non-hydrogen) atoms. The summed E-state index contributed by atoms with van der Waals surface area (Å²) in [5, 5.41) is 0. The molecule has 0 aliphatic heterocycles. The molecule has 3 rings (SSSR count). The van der Waals surface area contributed by atoms with Crippen LogP contribution < -0.4 is 10.5 Å². The first kappa shape index (κ1) is 12.7. The van der Waals surface area contributed by atoms with Crippen molar-refractivity contribution in [1.82, 2.24) is 9.38 Å². The van der Waals surface area contributed by atoms with Crippen LogP contribution in [0.2, 0.25) is 0 Å². The Morgan fingerprint density at radius 3 is 2.60 bits per heavy atom. The molecule has 0 spiro atoms. The molecule has 4 heteroatoms. The molecule has 0 bridgehead atoms. The van der Waals surface area contributed by atoms with E-state index in [0.717, 1.165) is 28.2 Å². The molecule has 4 nitrogen and oxygen atoms in total. The maximum absolute atomic E-state index is 5.94. The number of pyridine rings is 1. The number of benzene rings is 1. The second-order valence-electron chi connectivity index (χ2n) is 4.92. The summed E-state index contributed by atoms with van der Waals surface area (Å²) < 4.78 is 7.89. The van der Waals surface area contributed by atoms with Crippen molar-refractivity contribution < 1.29 is 4.74 Å². The van der Waals surface area contributed by atoms with Gasteiger partial charge in [-0.25, -0.2) is 0 Å². The lowest BCUT2D eigenvalue weighted by molar-refractivity contribution is 0.458. The number of ether oxygens (including phenoxy) is 1. The van der Waals surface area contributed by atoms with E-state index in [4.69, 9.17) is 10.5 Å². The molecule has 0 aliphatic carbocycles. The summed E-state index contributed by atoms with van der Waals surface area (Å²) >= 11 is 0. The highest BCUT2D eigenvalue weighted by Gasteiger charge is 2.12. The second kappa shape index (κ2) is 4.98. The smallest absolute Gasteiger partial charge is 0.242 e. The Morgan fingerprint density at radius 1 is 1.15 bits per heavy atom. The number of aryl methyl sites for hydroxylation is 2. The summed E-state index contributed by atoms with van der Waals surface area (Å²) in [5.74, 6) is 1.37. The Labute approximate surface area is 117 Å². The first-order valence-electron chi connectivity index (χ1n) is 6.59. The van der Waals surface area contributed by atoms with Gasteiger partial charge in [0.1, 0.15) is 17.1 Å². The van der Waals surface area contributed by atoms with Crippen molar-refractivity contribution in [3.05, 3.63) is 59.4 Å². The zero-order valence-corrected chi connectivity index (χ0v) is 11.6. The van der Waals surface area contributed by atoms with Crippen molar-refractivity contribution in [3.8, 4) is 11.6 Å². The Morgan fingerprint density at radius 2 is 1.90 bits per heavy atom. The maximum atomic E-state index is 5.94. The van der Waals surface area contributed by atoms with Gasteiger partial charge in [-0.2, -0.15) is 4.98 Å². The van der Waals surface area contributed by atoms with E-state index in [9.17, 15) is 0 Å². The number of hydrogen-bond acceptors (Lipinski definition) is 3. The van der Waals surface area contributed by atoms with Gasteiger partial charge in [0, 0.05) is 12.7 Å². The van der Waals surface area contributed by atoms with Crippen molar-refractivity contribution in [1.29, 1.82) is 0 Å². The van der Waals surface area contributed by atoms with Crippen molar-refractivity contribution in [2.75, 3.05) is 0 Å². The molecule has 0 fully saturated rings. The third kappa shape index (κ3) is 2.26. The molecular formula is C16H17N3O. The van der Waals surface area contributed by atoms with E-state index in [1.807, 2.05) is 54.8 Å². The third-order valence-electron chi connectivity index (χ3n) is 3.20. The molecule has 1 aromatic carbocycles. The summed E-state index contributed by atoms with van der Waals surface area (Å²) in [5.41, 5.74) is 9.88. The molecule has 102 valence electrons. The Bertz CT molecular complexity index is 741. The van der Waals surface area contributed by atoms with Gasteiger partial charge in [-0.1, -0.05) is 12.1 Å². The number of aromatic nitrogens is 2. The van der Waals surface area contributed by atoms with E-state index >= 15 is 0 Å². The zero-order valence-electron chi connectivity index (χ0n) is 11.6. The van der Waals surface area contributed by atoms with E-state index in [-0.39, 0.29) is 0 Å². The average Bonchev–Trinajstić information content (AvgIpc) is 2.74. The van der Waals surface area contributed by atoms with Gasteiger partial charge in [0.2, 0.25) is 5.88 Å². The van der Waals surface area contributed by atoms with Crippen LogP contribution in [0.25, 0.3) is 5.65 Å². The largest absolute Gasteiger partial charge is 0.437 e. The van der Waals surface area contributed by atoms with Crippen LogP contribution >= 0.6 is 0 Å². The molecule has 0 saturated heterocycles. The minimum atomic E-state index is 0.380. The van der Waals surface area contributed by atoms with Gasteiger partial charge in [-0.05, 0) is 49.2 Å². The van der Waals surface area contributed by atoms with Crippen LogP contribution in [0.3, 0.4) is 0 Å². The van der Waals surface area contributed by atoms with Gasteiger partial charge in [0.25, 0.3) is 0 Å². The standard InChI is InChI=1S/C16H17N3O/c1-11-7-12(2)9-13(8-11)20-16-14(10-17)19-6-4-3-5-15(19)18-16/h3-9H,10,17H2,1-2H3. The number of nitrogens with two attached hydrogens (primary N) is 1. The first-order chi connectivity index (χ1) is 9.67. The number of nitrogens with zero attached hydrogens (tertiary/aromatic N) is 2. The molecule has 0 amide bonds. The van der Waals surface area contributed by atoms with Crippen LogP contribution in [-0.4, -0.2) is 9.38 Å². The monoisotopic (exact) mass is 267 g/mol. The minimum absolute atomic E-state index is 0.380. The van der Waals surface area contributed by atoms with Crippen molar-refractivity contribution in [2.45, 2.75) is 20.4 Å². The van der Waals surface area contributed by atoms with E-state index in [1.54, 1.807) is 0 Å². The van der Waals surface area contributed by atoms with Crippen LogP contribution in [0.1, 0.15) is 16.8 Å². The Balaban J connectivity index is 2.05. The van der Waals surface area contributed by atoms with Crippen LogP contribution in [0.5, 0.6) is 11.6 Å². The summed E-state index contributed by atoms with van der Waals surface area (Å²) in [6.07, 6.45) is 1.94. The number of rotatable bonds is 3. The SMILES string of the molecule is Cc1cc(C)cc(Oc2nc3ccccn3c2CN)c1. The second-order valence-corrected chi connectivity index (χ2v) is 4.92. The molecule has 3 aromatic rings. The van der Waals surface area contributed by atoms with Gasteiger partial charge < -0.3 is 10.5 Å². The lowest BCUT2D eigenvalue weighted by Gasteiger charge is -2.07. The van der Waals surface area contributed by atoms with Crippen LogP contribution in [0.4, 0.5) is 0 Å². The molecule has 2 N–H and O–H groups in total. The van der Waals surface area contributed by atoms with Gasteiger partial charge in [-0.15, -0.1) is 0 Å². The fourth-order valence-corrected chi connectivity index (χ4v) is 2.40. The summed E-state index contributed by atoms with van der Waals surface area (Å²) in [6.45, 7) is 4.48. The summed E-state index contributed by atoms with van der Waals surface area (Å²) in [6, 6.07) is 11.9. The molecule has 0 unspecified atom stereocenters. The van der Waals surface area contributed by atoms with Crippen LogP contribution in [-0.2, 0) is 6.54 Å². The Kier molecular flexibility index (Phi) is 3.16. The first-order valence-corrected chi connectivity index (χ1v) is 6.59. The molecule has 2 aromatic heterocycles. The van der Waals surface area contributed by atoms with Gasteiger partial charge >= 0.3 is 0 Å². The maximum Gasteiger partial charge on any atom is 0.242 e. The van der Waals surface area contributed by atoms with E-state index in [2.05, 4.69) is 11.1 Å². The minimum Gasteiger partial charge on any atom is -0.437 e. The molecule has 0 radical (unpaired) electrons. The fraction of sp³-hybridized carbons (Fsp3) is 0.188. The fourth-order valence-electron chi connectivity index (χ4n) is 2.40. The average molecular weight is 267 g/mol. The Hall–Kier alpha value is -2.33. The molecular weight excluding hydrogens is 250 g/mol. The summed E-state index contributed by atoms with van der Waals surface area (Å²) in [4.78, 5) is 4.50. The normalized spacial score (nSPS) is 10.9. The number of hydrogen-bond donors (Lipinski definition) is 1. The number of fused-ring (bicyclic) bond motifs is 1. The summed E-state index contributed by atoms with van der Waals surface area (Å²) in [7, 11) is 0. The van der Waals surface area contributed by atoms with E-state index in [1.165, 1.54) is 0 Å². The molecule has 0 aliphatic rings. The van der Waals surface area contributed by atoms with Gasteiger partial charge in [0.15, 0.2) is 0 Å². The van der Waals surface area contributed by atoms with Crippen molar-refractivity contribution >= 4 is 5.65 Å². The van der Waals surface area contributed by atoms with Crippen LogP contribution in [0, 0.1) is 13.8 Å². The molecule has 2 heterocycles. The predicted molar refractivity (Wildman–Crippen MR) is 79.1 cm³/mol. The highest BCUT2D eigenvalue weighted by molar-refractivity contribution is 5.47. The van der Waals surface area contributed by atoms with E-state index in [0.29, 0.717) is 12.4 Å². The third-order valence-corrected chi connectivity index (χ3v) is 3.20.